The number of halogens is 1. The van der Waals surface area contributed by atoms with Gasteiger partial charge in [-0.15, -0.1) is 0 Å². The fourth-order valence-electron chi connectivity index (χ4n) is 4.10. The van der Waals surface area contributed by atoms with Gasteiger partial charge >= 0.3 is 0 Å². The van der Waals surface area contributed by atoms with Crippen molar-refractivity contribution < 1.29 is 9.53 Å². The first-order valence-corrected chi connectivity index (χ1v) is 11.4. The number of amides is 1. The van der Waals surface area contributed by atoms with E-state index in [1.807, 2.05) is 42.5 Å². The van der Waals surface area contributed by atoms with Crippen LogP contribution < -0.4 is 10.1 Å². The summed E-state index contributed by atoms with van der Waals surface area (Å²) in [5, 5.41) is 3.59. The molecule has 3 aromatic carbocycles. The fraction of sp³-hybridized carbons (Fsp3) is 0.231. The van der Waals surface area contributed by atoms with E-state index in [1.54, 1.807) is 24.3 Å². The van der Waals surface area contributed by atoms with Gasteiger partial charge in [-0.2, -0.15) is 0 Å². The van der Waals surface area contributed by atoms with Gasteiger partial charge < -0.3 is 19.9 Å². The van der Waals surface area contributed by atoms with Gasteiger partial charge in [-0.3, -0.25) is 4.79 Å². The third-order valence-electron chi connectivity index (χ3n) is 5.92. The third-order valence-corrected chi connectivity index (χ3v) is 6.17. The number of nitrogens with zero attached hydrogens (tertiary/aromatic N) is 3. The van der Waals surface area contributed by atoms with E-state index in [0.717, 1.165) is 61.2 Å². The zero-order chi connectivity index (χ0) is 22.8. The Hall–Kier alpha value is -3.35. The van der Waals surface area contributed by atoms with Crippen molar-refractivity contribution in [2.75, 3.05) is 38.5 Å². The lowest BCUT2D eigenvalue weighted by molar-refractivity contribution is 0.102. The molecule has 6 nitrogen and oxygen atoms in total. The van der Waals surface area contributed by atoms with Gasteiger partial charge in [-0.05, 0) is 74.6 Å². The molecule has 2 heterocycles. The molecule has 168 valence electrons. The van der Waals surface area contributed by atoms with Gasteiger partial charge in [0.05, 0.1) is 5.56 Å². The fourth-order valence-corrected chi connectivity index (χ4v) is 4.23. The number of aliphatic imine (C=N–C) groups is 1. The average Bonchev–Trinajstić information content (AvgIpc) is 3.13. The number of likely N-dealkylation sites (N-methyl/N-ethyl adjacent to an activating group) is 1. The molecule has 7 heteroatoms. The summed E-state index contributed by atoms with van der Waals surface area (Å²) in [6.07, 6.45) is 1.06. The molecule has 1 amide bonds. The second-order valence-electron chi connectivity index (χ2n) is 8.32. The number of para-hydroxylation sites is 2. The predicted molar refractivity (Wildman–Crippen MR) is 132 cm³/mol. The molecule has 0 radical (unpaired) electrons. The van der Waals surface area contributed by atoms with Crippen LogP contribution in [0.25, 0.3) is 0 Å². The molecule has 3 aromatic rings. The van der Waals surface area contributed by atoms with E-state index >= 15 is 0 Å². The number of amidine groups is 1. The Bertz CT molecular complexity index is 1210. The highest BCUT2D eigenvalue weighted by Crippen LogP contribution is 2.39. The number of carbonyl (C=O) groups is 1. The minimum Gasteiger partial charge on any atom is -0.454 e. The summed E-state index contributed by atoms with van der Waals surface area (Å²) in [7, 11) is 2.15. The molecule has 0 atom stereocenters. The molecule has 5 rings (SSSR count). The van der Waals surface area contributed by atoms with Crippen LogP contribution in [0, 0.1) is 0 Å². The van der Waals surface area contributed by atoms with Gasteiger partial charge in [-0.25, -0.2) is 4.99 Å². The first-order chi connectivity index (χ1) is 16.1. The number of carbonyl (C=O) groups excluding carboxylic acids is 1. The number of nitrogens with one attached hydrogen (secondary N) is 1. The van der Waals surface area contributed by atoms with E-state index in [9.17, 15) is 4.79 Å². The standard InChI is InChI=1S/C26H25ClN4O2/c1-30-13-4-14-31(16-15-30)25-21-17-20(28-26(32)18-7-9-19(27)10-8-18)11-12-23(21)33-24-6-3-2-5-22(24)29-25/h2-3,5-12,17H,4,13-16H2,1H3,(H,28,32). The Labute approximate surface area is 198 Å². The van der Waals surface area contributed by atoms with Gasteiger partial charge in [0.1, 0.15) is 17.3 Å². The Balaban J connectivity index is 1.51. The monoisotopic (exact) mass is 460 g/mol. The van der Waals surface area contributed by atoms with Crippen molar-refractivity contribution in [3.63, 3.8) is 0 Å². The molecular weight excluding hydrogens is 436 g/mol. The topological polar surface area (TPSA) is 57.2 Å². The van der Waals surface area contributed by atoms with Gasteiger partial charge in [-0.1, -0.05) is 23.7 Å². The van der Waals surface area contributed by atoms with Crippen molar-refractivity contribution in [1.29, 1.82) is 0 Å². The van der Waals surface area contributed by atoms with Gasteiger partial charge in [0.25, 0.3) is 5.91 Å². The summed E-state index contributed by atoms with van der Waals surface area (Å²) >= 11 is 5.95. The van der Waals surface area contributed by atoms with Crippen LogP contribution in [0.2, 0.25) is 5.02 Å². The second kappa shape index (κ2) is 9.25. The smallest absolute Gasteiger partial charge is 0.255 e. The minimum atomic E-state index is -0.195. The molecule has 0 aliphatic carbocycles. The van der Waals surface area contributed by atoms with Crippen molar-refractivity contribution in [2.24, 2.45) is 4.99 Å². The highest BCUT2D eigenvalue weighted by molar-refractivity contribution is 6.30. The zero-order valence-corrected chi connectivity index (χ0v) is 19.2. The number of hydrogen-bond donors (Lipinski definition) is 1. The summed E-state index contributed by atoms with van der Waals surface area (Å²) in [5.41, 5.74) is 2.89. The summed E-state index contributed by atoms with van der Waals surface area (Å²) < 4.78 is 6.25. The Kier molecular flexibility index (Phi) is 6.03. The van der Waals surface area contributed by atoms with Gasteiger partial charge in [0, 0.05) is 35.9 Å². The summed E-state index contributed by atoms with van der Waals surface area (Å²) in [4.78, 5) is 22.5. The molecule has 2 aliphatic heterocycles. The van der Waals surface area contributed by atoms with Gasteiger partial charge in [0.15, 0.2) is 5.75 Å². The van der Waals surface area contributed by atoms with Crippen molar-refractivity contribution in [2.45, 2.75) is 6.42 Å². The van der Waals surface area contributed by atoms with E-state index < -0.39 is 0 Å². The Morgan fingerprint density at radius 3 is 2.64 bits per heavy atom. The van der Waals surface area contributed by atoms with Crippen LogP contribution >= 0.6 is 11.6 Å². The highest BCUT2D eigenvalue weighted by atomic mass is 35.5. The van der Waals surface area contributed by atoms with Crippen molar-refractivity contribution >= 4 is 34.7 Å². The predicted octanol–water partition coefficient (Wildman–Crippen LogP) is 5.41. The van der Waals surface area contributed by atoms with E-state index in [1.165, 1.54) is 0 Å². The SMILES string of the molecule is CN1CCCN(C2=Nc3ccccc3Oc3ccc(NC(=O)c4ccc(Cl)cc4)cc32)CC1. The number of ether oxygens (including phenoxy) is 1. The number of rotatable bonds is 2. The molecule has 2 aliphatic rings. The zero-order valence-electron chi connectivity index (χ0n) is 18.4. The molecule has 0 spiro atoms. The molecule has 0 saturated carbocycles. The maximum Gasteiger partial charge on any atom is 0.255 e. The van der Waals surface area contributed by atoms with E-state index in [0.29, 0.717) is 16.3 Å². The molecule has 1 saturated heterocycles. The van der Waals surface area contributed by atoms with Gasteiger partial charge in [0.2, 0.25) is 0 Å². The van der Waals surface area contributed by atoms with E-state index in [4.69, 9.17) is 21.3 Å². The summed E-state index contributed by atoms with van der Waals surface area (Å²) in [6.45, 7) is 3.80. The minimum absolute atomic E-state index is 0.195. The molecular formula is C26H25ClN4O2. The summed E-state index contributed by atoms with van der Waals surface area (Å²) in [6, 6.07) is 20.3. The van der Waals surface area contributed by atoms with Crippen LogP contribution in [0.15, 0.2) is 71.7 Å². The normalized spacial score (nSPS) is 15.9. The van der Waals surface area contributed by atoms with Crippen LogP contribution in [0.4, 0.5) is 11.4 Å². The Morgan fingerprint density at radius 2 is 1.79 bits per heavy atom. The second-order valence-corrected chi connectivity index (χ2v) is 8.76. The van der Waals surface area contributed by atoms with Crippen LogP contribution in [-0.4, -0.2) is 54.8 Å². The molecule has 0 unspecified atom stereocenters. The number of hydrogen-bond acceptors (Lipinski definition) is 5. The first-order valence-electron chi connectivity index (χ1n) is 11.1. The van der Waals surface area contributed by atoms with Crippen LogP contribution in [0.5, 0.6) is 11.5 Å². The maximum atomic E-state index is 12.8. The summed E-state index contributed by atoms with van der Waals surface area (Å²) in [5.74, 6) is 2.12. The van der Waals surface area contributed by atoms with Crippen molar-refractivity contribution in [3.05, 3.63) is 82.9 Å². The molecule has 0 aromatic heterocycles. The first kappa shape index (κ1) is 21.5. The number of anilines is 1. The largest absolute Gasteiger partial charge is 0.454 e. The van der Waals surface area contributed by atoms with Crippen molar-refractivity contribution in [3.8, 4) is 11.5 Å². The molecule has 1 N–H and O–H groups in total. The van der Waals surface area contributed by atoms with Crippen molar-refractivity contribution in [1.82, 2.24) is 9.80 Å². The van der Waals surface area contributed by atoms with E-state index in [-0.39, 0.29) is 5.91 Å². The maximum absolute atomic E-state index is 12.8. The molecule has 33 heavy (non-hydrogen) atoms. The lowest BCUT2D eigenvalue weighted by Gasteiger charge is -2.25. The average molecular weight is 461 g/mol. The van der Waals surface area contributed by atoms with Crippen LogP contribution in [0.1, 0.15) is 22.3 Å². The molecule has 0 bridgehead atoms. The lowest BCUT2D eigenvalue weighted by atomic mass is 10.1. The lowest BCUT2D eigenvalue weighted by Crippen LogP contribution is -2.35. The molecule has 1 fully saturated rings. The van der Waals surface area contributed by atoms with E-state index in [2.05, 4.69) is 22.2 Å². The van der Waals surface area contributed by atoms with Crippen LogP contribution in [0.3, 0.4) is 0 Å². The Morgan fingerprint density at radius 1 is 0.970 bits per heavy atom. The number of fused-ring (bicyclic) bond motifs is 2. The third kappa shape index (κ3) is 4.72. The highest BCUT2D eigenvalue weighted by Gasteiger charge is 2.25. The quantitative estimate of drug-likeness (QED) is 0.555. The van der Waals surface area contributed by atoms with Crippen LogP contribution in [-0.2, 0) is 0 Å². The number of benzene rings is 3.